The number of carbonyl (C=O) groups is 1. The van der Waals surface area contributed by atoms with Crippen molar-refractivity contribution in [3.05, 3.63) is 81.4 Å². The molecule has 8 nitrogen and oxygen atoms in total. The third-order valence-electron chi connectivity index (χ3n) is 5.07. The summed E-state index contributed by atoms with van der Waals surface area (Å²) in [5, 5.41) is 11.1. The second kappa shape index (κ2) is 11.6. The first kappa shape index (κ1) is 29.2. The lowest BCUT2D eigenvalue weighted by molar-refractivity contribution is -0.383. The van der Waals surface area contributed by atoms with Crippen LogP contribution in [0.25, 0.3) is 11.1 Å². The molecule has 0 saturated carbocycles. The van der Waals surface area contributed by atoms with E-state index in [4.69, 9.17) is 25.6 Å². The van der Waals surface area contributed by atoms with E-state index in [-0.39, 0.29) is 27.4 Å². The van der Waals surface area contributed by atoms with Gasteiger partial charge in [0, 0.05) is 17.7 Å². The molecule has 3 aromatic carbocycles. The van der Waals surface area contributed by atoms with Crippen LogP contribution in [-0.2, 0) is 24.8 Å². The molecule has 3 rings (SSSR count). The van der Waals surface area contributed by atoms with Crippen LogP contribution in [0.5, 0.6) is 11.5 Å². The molecule has 1 atom stereocenters. The zero-order valence-corrected chi connectivity index (χ0v) is 22.1. The van der Waals surface area contributed by atoms with Gasteiger partial charge in [-0.3, -0.25) is 24.0 Å². The second-order valence-electron chi connectivity index (χ2n) is 8.97. The van der Waals surface area contributed by atoms with Crippen molar-refractivity contribution in [2.45, 2.75) is 26.9 Å². The lowest BCUT2D eigenvalue weighted by Gasteiger charge is -2.17. The molecule has 0 radical (unpaired) electrons. The predicted molar refractivity (Wildman–Crippen MR) is 135 cm³/mol. The summed E-state index contributed by atoms with van der Waals surface area (Å²) in [5.41, 5.74) is -1.75. The Morgan fingerprint density at radius 3 is 2.24 bits per heavy atom. The number of hydrogen-bond donors (Lipinski definition) is 0. The number of nitro groups is 1. The highest BCUT2D eigenvalue weighted by atomic mass is 35.5. The van der Waals surface area contributed by atoms with Crippen molar-refractivity contribution in [1.29, 1.82) is 0 Å². The van der Waals surface area contributed by atoms with Gasteiger partial charge in [0.15, 0.2) is 6.79 Å². The number of rotatable bonds is 8. The van der Waals surface area contributed by atoms with Gasteiger partial charge in [-0.1, -0.05) is 41.9 Å². The van der Waals surface area contributed by atoms with Crippen LogP contribution in [0.4, 0.5) is 18.9 Å². The normalized spacial score (nSPS) is 12.6. The molecule has 13 heteroatoms. The average Bonchev–Trinajstić information content (AvgIpc) is 2.84. The van der Waals surface area contributed by atoms with Gasteiger partial charge in [0.1, 0.15) is 16.8 Å². The molecule has 0 aliphatic rings. The Bertz CT molecular complexity index is 1380. The van der Waals surface area contributed by atoms with Crippen LogP contribution in [-0.4, -0.2) is 17.7 Å². The van der Waals surface area contributed by atoms with Gasteiger partial charge in [0.2, 0.25) is 8.03 Å². The largest absolute Gasteiger partial charge is 0.455 e. The van der Waals surface area contributed by atoms with Gasteiger partial charge >= 0.3 is 12.1 Å². The van der Waals surface area contributed by atoms with E-state index in [0.29, 0.717) is 11.6 Å². The molecule has 0 aromatic heterocycles. The van der Waals surface area contributed by atoms with Crippen molar-refractivity contribution in [2.24, 2.45) is 5.41 Å². The van der Waals surface area contributed by atoms with E-state index in [1.54, 1.807) is 51.1 Å². The molecular weight excluding hydrogens is 550 g/mol. The quantitative estimate of drug-likeness (QED) is 0.0912. The van der Waals surface area contributed by atoms with Gasteiger partial charge in [-0.05, 0) is 44.5 Å². The Balaban J connectivity index is 2.05. The summed E-state index contributed by atoms with van der Waals surface area (Å²) in [4.78, 5) is 23.0. The van der Waals surface area contributed by atoms with Gasteiger partial charge < -0.3 is 9.47 Å². The molecule has 0 aliphatic heterocycles. The molecule has 0 amide bonds. The Kier molecular flexibility index (Phi) is 8.86. The highest BCUT2D eigenvalue weighted by molar-refractivity contribution is 7.48. The minimum Gasteiger partial charge on any atom is -0.455 e. The third kappa shape index (κ3) is 7.12. The number of carbonyl (C=O) groups excluding carboxylic acids is 1. The maximum absolute atomic E-state index is 13.1. The van der Waals surface area contributed by atoms with Crippen LogP contribution in [0.2, 0.25) is 5.02 Å². The van der Waals surface area contributed by atoms with Gasteiger partial charge in [0.25, 0.3) is 5.69 Å². The average molecular weight is 572 g/mol. The van der Waals surface area contributed by atoms with Gasteiger partial charge in [-0.15, -0.1) is 0 Å². The Morgan fingerprint density at radius 1 is 1.03 bits per heavy atom. The van der Waals surface area contributed by atoms with Crippen LogP contribution in [0.1, 0.15) is 26.3 Å². The van der Waals surface area contributed by atoms with E-state index in [0.717, 1.165) is 24.3 Å². The SMILES string of the molecule is CC(C)(C)C(=O)OCO[PH](=O)c1cc(Oc2ccc(C(F)(F)F)cc2Cl)c(-c2ccccc2)cc1[N+](=O)[O-]. The molecule has 3 aromatic rings. The molecule has 202 valence electrons. The number of halogens is 4. The van der Waals surface area contributed by atoms with E-state index in [2.05, 4.69) is 0 Å². The maximum atomic E-state index is 13.1. The zero-order valence-electron chi connectivity index (χ0n) is 20.3. The Labute approximate surface area is 221 Å². The zero-order chi connectivity index (χ0) is 28.3. The molecule has 0 spiro atoms. The van der Waals surface area contributed by atoms with Crippen molar-refractivity contribution < 1.29 is 41.5 Å². The number of nitro benzene ring substituents is 1. The van der Waals surface area contributed by atoms with Crippen LogP contribution in [0.15, 0.2) is 60.7 Å². The Hall–Kier alpha value is -3.40. The van der Waals surface area contributed by atoms with Crippen molar-refractivity contribution in [1.82, 2.24) is 0 Å². The van der Waals surface area contributed by atoms with Gasteiger partial charge in [-0.25, -0.2) is 0 Å². The van der Waals surface area contributed by atoms with Gasteiger partial charge in [0.05, 0.1) is 20.9 Å². The molecule has 0 N–H and O–H groups in total. The number of nitrogens with zero attached hydrogens (tertiary/aromatic N) is 1. The monoisotopic (exact) mass is 571 g/mol. The molecule has 38 heavy (non-hydrogen) atoms. The first-order valence-corrected chi connectivity index (χ1v) is 12.6. The van der Waals surface area contributed by atoms with Crippen LogP contribution in [0, 0.1) is 15.5 Å². The first-order valence-electron chi connectivity index (χ1n) is 11.0. The molecule has 1 unspecified atom stereocenters. The van der Waals surface area contributed by atoms with E-state index < -0.39 is 48.6 Å². The number of benzene rings is 3. The van der Waals surface area contributed by atoms with Crippen molar-refractivity contribution in [3.63, 3.8) is 0 Å². The molecular formula is C25H22ClF3NO7P. The molecule has 0 fully saturated rings. The fourth-order valence-electron chi connectivity index (χ4n) is 3.12. The number of esters is 1. The minimum atomic E-state index is -4.63. The van der Waals surface area contributed by atoms with Crippen LogP contribution < -0.4 is 10.0 Å². The number of hydrogen-bond acceptors (Lipinski definition) is 7. The van der Waals surface area contributed by atoms with Crippen LogP contribution >= 0.6 is 19.6 Å². The molecule has 0 aliphatic carbocycles. The standard InChI is InChI=1S/C25H22ClF3NO7P/c1-24(2,3)23(31)35-14-36-38(34)22-13-21(37-20-10-9-16(11-18(20)26)25(27,28)29)17(12-19(22)30(32)33)15-7-5-4-6-8-15/h4-13,38H,14H2,1-3H3. The van der Waals surface area contributed by atoms with E-state index in [1.165, 1.54) is 0 Å². The molecule has 0 bridgehead atoms. The summed E-state index contributed by atoms with van der Waals surface area (Å²) in [7, 11) is -3.36. The van der Waals surface area contributed by atoms with Crippen molar-refractivity contribution in [2.75, 3.05) is 6.79 Å². The minimum absolute atomic E-state index is 0.0768. The fraction of sp³-hybridized carbons (Fsp3) is 0.240. The number of alkyl halides is 3. The van der Waals surface area contributed by atoms with E-state index >= 15 is 0 Å². The molecule has 0 heterocycles. The van der Waals surface area contributed by atoms with E-state index in [1.807, 2.05) is 0 Å². The second-order valence-corrected chi connectivity index (χ2v) is 10.8. The smallest absolute Gasteiger partial charge is 0.416 e. The highest BCUT2D eigenvalue weighted by Gasteiger charge is 2.31. The topological polar surface area (TPSA) is 105 Å². The first-order chi connectivity index (χ1) is 17.7. The predicted octanol–water partition coefficient (Wildman–Crippen LogP) is 7.39. The summed E-state index contributed by atoms with van der Waals surface area (Å²) in [6.45, 7) is 4.08. The molecule has 0 saturated heterocycles. The number of ether oxygens (including phenoxy) is 2. The van der Waals surface area contributed by atoms with E-state index in [9.17, 15) is 32.6 Å². The summed E-state index contributed by atoms with van der Waals surface area (Å²) in [6.07, 6.45) is -4.63. The third-order valence-corrected chi connectivity index (χ3v) is 6.59. The lowest BCUT2D eigenvalue weighted by Crippen LogP contribution is -2.23. The summed E-state index contributed by atoms with van der Waals surface area (Å²) in [6, 6.07) is 13.0. The summed E-state index contributed by atoms with van der Waals surface area (Å²) in [5.74, 6) is -0.884. The summed E-state index contributed by atoms with van der Waals surface area (Å²) >= 11 is 6.04. The van der Waals surface area contributed by atoms with Crippen LogP contribution in [0.3, 0.4) is 0 Å². The maximum Gasteiger partial charge on any atom is 0.416 e. The summed E-state index contributed by atoms with van der Waals surface area (Å²) < 4.78 is 67.9. The Morgan fingerprint density at radius 2 is 1.68 bits per heavy atom. The van der Waals surface area contributed by atoms with Gasteiger partial charge in [-0.2, -0.15) is 13.2 Å². The highest BCUT2D eigenvalue weighted by Crippen LogP contribution is 2.42. The fourth-order valence-corrected chi connectivity index (χ4v) is 4.28. The lowest BCUT2D eigenvalue weighted by atomic mass is 9.98. The van der Waals surface area contributed by atoms with Crippen molar-refractivity contribution >= 4 is 36.6 Å². The van der Waals surface area contributed by atoms with Crippen molar-refractivity contribution in [3.8, 4) is 22.6 Å².